The molecule has 0 aromatic carbocycles. The number of halogens is 1. The molecular formula is C11H20ClNO. The lowest BCUT2D eigenvalue weighted by Crippen LogP contribution is -2.37. The summed E-state index contributed by atoms with van der Waals surface area (Å²) in [7, 11) is 0. The maximum atomic E-state index is 11.5. The van der Waals surface area contributed by atoms with Crippen LogP contribution >= 0.6 is 11.6 Å². The lowest BCUT2D eigenvalue weighted by molar-refractivity contribution is -0.122. The summed E-state index contributed by atoms with van der Waals surface area (Å²) in [5.74, 6) is 0.757. The standard InChI is InChI=1S/C11H20ClNO/c1-8(2)6-7-11(14)13-10-5-3-4-9(10)12/h8-10H,3-7H2,1-2H3,(H,13,14). The summed E-state index contributed by atoms with van der Waals surface area (Å²) in [5, 5.41) is 3.16. The average Bonchev–Trinajstić information content (AvgIpc) is 2.49. The second-order valence-electron chi connectivity index (χ2n) is 4.55. The Bertz CT molecular complexity index is 194. The van der Waals surface area contributed by atoms with Gasteiger partial charge in [-0.3, -0.25) is 4.79 Å². The number of amides is 1. The van der Waals surface area contributed by atoms with Crippen LogP contribution < -0.4 is 5.32 Å². The Hall–Kier alpha value is -0.240. The second kappa shape index (κ2) is 5.59. The van der Waals surface area contributed by atoms with E-state index < -0.39 is 0 Å². The SMILES string of the molecule is CC(C)CCC(=O)NC1CCCC1Cl. The van der Waals surface area contributed by atoms with E-state index in [1.54, 1.807) is 0 Å². The third-order valence-corrected chi connectivity index (χ3v) is 3.25. The molecule has 0 spiro atoms. The van der Waals surface area contributed by atoms with E-state index >= 15 is 0 Å². The zero-order chi connectivity index (χ0) is 10.6. The molecule has 2 atom stereocenters. The fourth-order valence-corrected chi connectivity index (χ4v) is 2.12. The quantitative estimate of drug-likeness (QED) is 0.721. The molecular weight excluding hydrogens is 198 g/mol. The highest BCUT2D eigenvalue weighted by Gasteiger charge is 2.26. The molecule has 0 bridgehead atoms. The Morgan fingerprint density at radius 3 is 2.71 bits per heavy atom. The van der Waals surface area contributed by atoms with Crippen LogP contribution in [0.25, 0.3) is 0 Å². The van der Waals surface area contributed by atoms with Gasteiger partial charge in [-0.2, -0.15) is 0 Å². The van der Waals surface area contributed by atoms with Crippen molar-refractivity contribution in [3.8, 4) is 0 Å². The smallest absolute Gasteiger partial charge is 0.220 e. The van der Waals surface area contributed by atoms with Crippen molar-refractivity contribution >= 4 is 17.5 Å². The second-order valence-corrected chi connectivity index (χ2v) is 5.11. The van der Waals surface area contributed by atoms with Gasteiger partial charge in [0.05, 0.1) is 5.38 Å². The molecule has 2 unspecified atom stereocenters. The van der Waals surface area contributed by atoms with Crippen molar-refractivity contribution in [1.29, 1.82) is 0 Å². The van der Waals surface area contributed by atoms with Gasteiger partial charge in [0, 0.05) is 12.5 Å². The first-order chi connectivity index (χ1) is 6.59. The number of carbonyl (C=O) groups excluding carboxylic acids is 1. The molecule has 2 nitrogen and oxygen atoms in total. The number of alkyl halides is 1. The van der Waals surface area contributed by atoms with E-state index in [4.69, 9.17) is 11.6 Å². The average molecular weight is 218 g/mol. The zero-order valence-electron chi connectivity index (χ0n) is 9.05. The minimum atomic E-state index is 0.151. The maximum Gasteiger partial charge on any atom is 0.220 e. The van der Waals surface area contributed by atoms with Gasteiger partial charge >= 0.3 is 0 Å². The van der Waals surface area contributed by atoms with Gasteiger partial charge in [-0.05, 0) is 31.6 Å². The molecule has 1 N–H and O–H groups in total. The topological polar surface area (TPSA) is 29.1 Å². The van der Waals surface area contributed by atoms with Crippen LogP contribution in [-0.2, 0) is 4.79 Å². The van der Waals surface area contributed by atoms with Crippen molar-refractivity contribution in [2.24, 2.45) is 5.92 Å². The highest BCUT2D eigenvalue weighted by atomic mass is 35.5. The minimum Gasteiger partial charge on any atom is -0.352 e. The number of nitrogens with one attached hydrogen (secondary N) is 1. The van der Waals surface area contributed by atoms with Crippen LogP contribution in [0.5, 0.6) is 0 Å². The van der Waals surface area contributed by atoms with Crippen LogP contribution in [0.15, 0.2) is 0 Å². The molecule has 0 aromatic rings. The summed E-state index contributed by atoms with van der Waals surface area (Å²) in [6, 6.07) is 0.219. The van der Waals surface area contributed by atoms with Gasteiger partial charge < -0.3 is 5.32 Å². The molecule has 1 rings (SSSR count). The highest BCUT2D eigenvalue weighted by Crippen LogP contribution is 2.24. The summed E-state index contributed by atoms with van der Waals surface area (Å²) >= 11 is 6.07. The number of rotatable bonds is 4. The van der Waals surface area contributed by atoms with Crippen molar-refractivity contribution in [2.75, 3.05) is 0 Å². The Morgan fingerprint density at radius 1 is 1.50 bits per heavy atom. The first kappa shape index (κ1) is 11.8. The van der Waals surface area contributed by atoms with E-state index in [1.807, 2.05) is 0 Å². The molecule has 0 aromatic heterocycles. The largest absolute Gasteiger partial charge is 0.352 e. The van der Waals surface area contributed by atoms with E-state index in [2.05, 4.69) is 19.2 Å². The van der Waals surface area contributed by atoms with Crippen LogP contribution in [0.1, 0.15) is 46.0 Å². The van der Waals surface area contributed by atoms with Crippen LogP contribution in [-0.4, -0.2) is 17.3 Å². The molecule has 14 heavy (non-hydrogen) atoms. The van der Waals surface area contributed by atoms with E-state index in [0.29, 0.717) is 12.3 Å². The van der Waals surface area contributed by atoms with E-state index in [1.165, 1.54) is 0 Å². The zero-order valence-corrected chi connectivity index (χ0v) is 9.81. The van der Waals surface area contributed by atoms with Gasteiger partial charge in [0.15, 0.2) is 0 Å². The molecule has 1 aliphatic rings. The Morgan fingerprint density at radius 2 is 2.21 bits per heavy atom. The van der Waals surface area contributed by atoms with Crippen LogP contribution in [0.3, 0.4) is 0 Å². The minimum absolute atomic E-state index is 0.151. The molecule has 0 aliphatic heterocycles. The number of carbonyl (C=O) groups is 1. The van der Waals surface area contributed by atoms with Crippen molar-refractivity contribution in [1.82, 2.24) is 5.32 Å². The first-order valence-corrected chi connectivity index (χ1v) is 5.96. The van der Waals surface area contributed by atoms with E-state index in [-0.39, 0.29) is 17.3 Å². The Balaban J connectivity index is 2.19. The summed E-state index contributed by atoms with van der Waals surface area (Å²) < 4.78 is 0. The molecule has 1 amide bonds. The lowest BCUT2D eigenvalue weighted by Gasteiger charge is -2.16. The highest BCUT2D eigenvalue weighted by molar-refractivity contribution is 6.21. The Labute approximate surface area is 91.4 Å². The molecule has 1 fully saturated rings. The predicted molar refractivity (Wildman–Crippen MR) is 59.5 cm³/mol. The van der Waals surface area contributed by atoms with Gasteiger partial charge in [-0.15, -0.1) is 11.6 Å². The van der Waals surface area contributed by atoms with Crippen molar-refractivity contribution in [3.05, 3.63) is 0 Å². The van der Waals surface area contributed by atoms with Gasteiger partial charge in [-0.25, -0.2) is 0 Å². The number of hydrogen-bond acceptors (Lipinski definition) is 1. The molecule has 0 heterocycles. The molecule has 1 saturated carbocycles. The fourth-order valence-electron chi connectivity index (χ4n) is 1.78. The molecule has 0 saturated heterocycles. The van der Waals surface area contributed by atoms with E-state index in [9.17, 15) is 4.79 Å². The molecule has 82 valence electrons. The summed E-state index contributed by atoms with van der Waals surface area (Å²) in [4.78, 5) is 11.5. The summed E-state index contributed by atoms with van der Waals surface area (Å²) in [6.07, 6.45) is 4.82. The first-order valence-electron chi connectivity index (χ1n) is 5.53. The van der Waals surface area contributed by atoms with Crippen LogP contribution in [0, 0.1) is 5.92 Å². The lowest BCUT2D eigenvalue weighted by atomic mass is 10.1. The molecule has 0 radical (unpaired) electrons. The van der Waals surface area contributed by atoms with Crippen molar-refractivity contribution in [3.63, 3.8) is 0 Å². The third kappa shape index (κ3) is 3.87. The summed E-state index contributed by atoms with van der Waals surface area (Å²) in [5.41, 5.74) is 0. The third-order valence-electron chi connectivity index (χ3n) is 2.73. The van der Waals surface area contributed by atoms with Crippen LogP contribution in [0.4, 0.5) is 0 Å². The fraction of sp³-hybridized carbons (Fsp3) is 0.909. The van der Waals surface area contributed by atoms with Crippen molar-refractivity contribution < 1.29 is 4.79 Å². The van der Waals surface area contributed by atoms with Gasteiger partial charge in [0.25, 0.3) is 0 Å². The molecule has 1 aliphatic carbocycles. The monoisotopic (exact) mass is 217 g/mol. The number of hydrogen-bond donors (Lipinski definition) is 1. The molecule has 3 heteroatoms. The normalized spacial score (nSPS) is 26.9. The Kier molecular flexibility index (Phi) is 4.73. The van der Waals surface area contributed by atoms with Gasteiger partial charge in [-0.1, -0.05) is 13.8 Å². The predicted octanol–water partition coefficient (Wildman–Crippen LogP) is 2.70. The van der Waals surface area contributed by atoms with Gasteiger partial charge in [0.2, 0.25) is 5.91 Å². The maximum absolute atomic E-state index is 11.5. The van der Waals surface area contributed by atoms with Crippen molar-refractivity contribution in [2.45, 2.75) is 57.4 Å². The van der Waals surface area contributed by atoms with Crippen LogP contribution in [0.2, 0.25) is 0 Å². The van der Waals surface area contributed by atoms with E-state index in [0.717, 1.165) is 25.7 Å². The van der Waals surface area contributed by atoms with Gasteiger partial charge in [0.1, 0.15) is 0 Å². The summed E-state index contributed by atoms with van der Waals surface area (Å²) in [6.45, 7) is 4.26.